The summed E-state index contributed by atoms with van der Waals surface area (Å²) in [5.74, 6) is -2.48. The second-order valence-corrected chi connectivity index (χ2v) is 7.80. The molecule has 2 atom stereocenters. The number of ether oxygens (including phenoxy) is 1. The van der Waals surface area contributed by atoms with Gasteiger partial charge in [-0.1, -0.05) is 18.2 Å². The van der Waals surface area contributed by atoms with Crippen LogP contribution < -0.4 is 5.32 Å². The molecule has 1 aromatic carbocycles. The number of carbonyl (C=O) groups is 2. The molecule has 32 heavy (non-hydrogen) atoms. The van der Waals surface area contributed by atoms with Crippen molar-refractivity contribution in [3.8, 4) is 0 Å². The summed E-state index contributed by atoms with van der Waals surface area (Å²) in [5, 5.41) is 10.1. The summed E-state index contributed by atoms with van der Waals surface area (Å²) in [7, 11) is 0. The minimum atomic E-state index is -5.08. The summed E-state index contributed by atoms with van der Waals surface area (Å²) >= 11 is 0. The largest absolute Gasteiger partial charge is 0.490 e. The van der Waals surface area contributed by atoms with Gasteiger partial charge in [-0.3, -0.25) is 9.69 Å². The number of rotatable bonds is 5. The van der Waals surface area contributed by atoms with Crippen molar-refractivity contribution in [3.05, 3.63) is 59.8 Å². The molecule has 1 amide bonds. The number of nitrogens with zero attached hydrogens (tertiary/aromatic N) is 1. The highest BCUT2D eigenvalue weighted by molar-refractivity contribution is 5.91. The van der Waals surface area contributed by atoms with E-state index < -0.39 is 12.1 Å². The Morgan fingerprint density at radius 1 is 1.22 bits per heavy atom. The van der Waals surface area contributed by atoms with E-state index in [0.29, 0.717) is 43.5 Å². The SMILES string of the molecule is O=C(NC[C@]12COC[C@H]1CN(Cc1ccccc1F)C2)c1ccco1.O=C(O)C(F)(F)F. The van der Waals surface area contributed by atoms with Gasteiger partial charge in [0.2, 0.25) is 0 Å². The van der Waals surface area contributed by atoms with Crippen LogP contribution in [0, 0.1) is 17.2 Å². The van der Waals surface area contributed by atoms with Crippen molar-refractivity contribution >= 4 is 11.9 Å². The molecule has 7 nitrogen and oxygen atoms in total. The lowest BCUT2D eigenvalue weighted by molar-refractivity contribution is -0.192. The maximum Gasteiger partial charge on any atom is 0.490 e. The van der Waals surface area contributed by atoms with Gasteiger partial charge in [0.25, 0.3) is 5.91 Å². The van der Waals surface area contributed by atoms with Crippen LogP contribution in [0.3, 0.4) is 0 Å². The normalized spacial score (nSPS) is 22.7. The lowest BCUT2D eigenvalue weighted by Gasteiger charge is -2.27. The maximum atomic E-state index is 13.9. The summed E-state index contributed by atoms with van der Waals surface area (Å²) in [6.45, 7) is 4.05. The Hall–Kier alpha value is -2.92. The van der Waals surface area contributed by atoms with Gasteiger partial charge in [-0.15, -0.1) is 0 Å². The molecular formula is C21H22F4N2O5. The van der Waals surface area contributed by atoms with E-state index in [1.807, 2.05) is 12.1 Å². The van der Waals surface area contributed by atoms with Crippen LogP contribution in [0.15, 0.2) is 47.1 Å². The number of nitrogens with one attached hydrogen (secondary N) is 1. The van der Waals surface area contributed by atoms with Gasteiger partial charge < -0.3 is 19.6 Å². The van der Waals surface area contributed by atoms with Gasteiger partial charge in [0, 0.05) is 43.1 Å². The van der Waals surface area contributed by atoms with Crippen molar-refractivity contribution < 1.29 is 41.4 Å². The summed E-state index contributed by atoms with van der Waals surface area (Å²) in [6.07, 6.45) is -3.60. The van der Waals surface area contributed by atoms with Gasteiger partial charge in [0.05, 0.1) is 19.5 Å². The van der Waals surface area contributed by atoms with Crippen molar-refractivity contribution in [1.29, 1.82) is 0 Å². The van der Waals surface area contributed by atoms with E-state index in [4.69, 9.17) is 19.1 Å². The van der Waals surface area contributed by atoms with Crippen LogP contribution in [0.5, 0.6) is 0 Å². The number of alkyl halides is 3. The lowest BCUT2D eigenvalue weighted by atomic mass is 9.81. The number of likely N-dealkylation sites (tertiary alicyclic amines) is 1. The number of aliphatic carboxylic acids is 1. The predicted molar refractivity (Wildman–Crippen MR) is 103 cm³/mol. The highest BCUT2D eigenvalue weighted by Gasteiger charge is 2.50. The van der Waals surface area contributed by atoms with E-state index in [-0.39, 0.29) is 17.1 Å². The van der Waals surface area contributed by atoms with Crippen molar-refractivity contribution in [2.75, 3.05) is 32.8 Å². The van der Waals surface area contributed by atoms with Crippen LogP contribution in [0.2, 0.25) is 0 Å². The average molecular weight is 458 g/mol. The maximum absolute atomic E-state index is 13.9. The number of amides is 1. The summed E-state index contributed by atoms with van der Waals surface area (Å²) in [4.78, 5) is 23.3. The van der Waals surface area contributed by atoms with Gasteiger partial charge in [0.15, 0.2) is 5.76 Å². The molecule has 0 aliphatic carbocycles. The minimum Gasteiger partial charge on any atom is -0.475 e. The Morgan fingerprint density at radius 2 is 1.94 bits per heavy atom. The third-order valence-corrected chi connectivity index (χ3v) is 5.53. The Balaban J connectivity index is 0.000000360. The fraction of sp³-hybridized carbons (Fsp3) is 0.429. The molecule has 174 valence electrons. The number of carboxylic acid groups (broad SMARTS) is 1. The topological polar surface area (TPSA) is 92.0 Å². The van der Waals surface area contributed by atoms with Crippen LogP contribution in [0.4, 0.5) is 17.6 Å². The predicted octanol–water partition coefficient (Wildman–Crippen LogP) is 2.93. The van der Waals surface area contributed by atoms with Gasteiger partial charge in [0.1, 0.15) is 5.82 Å². The van der Waals surface area contributed by atoms with Gasteiger partial charge in [-0.05, 0) is 18.2 Å². The molecular weight excluding hydrogens is 436 g/mol. The Morgan fingerprint density at radius 3 is 2.56 bits per heavy atom. The quantitative estimate of drug-likeness (QED) is 0.670. The van der Waals surface area contributed by atoms with E-state index >= 15 is 0 Å². The zero-order chi connectivity index (χ0) is 23.4. The Bertz CT molecular complexity index is 935. The number of furan rings is 1. The molecule has 4 rings (SSSR count). The second-order valence-electron chi connectivity index (χ2n) is 7.80. The summed E-state index contributed by atoms with van der Waals surface area (Å²) in [5.41, 5.74) is 0.589. The lowest BCUT2D eigenvalue weighted by Crippen LogP contribution is -2.43. The van der Waals surface area contributed by atoms with Crippen LogP contribution in [0.1, 0.15) is 16.1 Å². The molecule has 2 aromatic rings. The summed E-state index contributed by atoms with van der Waals surface area (Å²) in [6, 6.07) is 10.2. The molecule has 0 saturated carbocycles. The molecule has 0 radical (unpaired) electrons. The number of carboxylic acids is 1. The molecule has 2 fully saturated rings. The van der Waals surface area contributed by atoms with Gasteiger partial charge in [-0.25, -0.2) is 9.18 Å². The highest BCUT2D eigenvalue weighted by atomic mass is 19.4. The van der Waals surface area contributed by atoms with E-state index in [9.17, 15) is 22.4 Å². The highest BCUT2D eigenvalue weighted by Crippen LogP contribution is 2.41. The Kier molecular flexibility index (Phi) is 7.19. The number of fused-ring (bicyclic) bond motifs is 1. The van der Waals surface area contributed by atoms with E-state index in [1.165, 1.54) is 12.3 Å². The number of benzene rings is 1. The summed E-state index contributed by atoms with van der Waals surface area (Å²) < 4.78 is 56.5. The van der Waals surface area contributed by atoms with Crippen molar-refractivity contribution in [2.45, 2.75) is 12.7 Å². The van der Waals surface area contributed by atoms with Gasteiger partial charge in [-0.2, -0.15) is 13.2 Å². The monoisotopic (exact) mass is 458 g/mol. The van der Waals surface area contributed by atoms with Crippen LogP contribution in [0.25, 0.3) is 0 Å². The van der Waals surface area contributed by atoms with Crippen molar-refractivity contribution in [2.24, 2.45) is 11.3 Å². The van der Waals surface area contributed by atoms with Crippen LogP contribution >= 0.6 is 0 Å². The molecule has 2 aliphatic heterocycles. The van der Waals surface area contributed by atoms with Crippen molar-refractivity contribution in [3.63, 3.8) is 0 Å². The van der Waals surface area contributed by atoms with E-state index in [2.05, 4.69) is 10.2 Å². The number of hydrogen-bond donors (Lipinski definition) is 2. The Labute approximate surface area is 180 Å². The zero-order valence-electron chi connectivity index (χ0n) is 16.9. The average Bonchev–Trinajstić information content (AvgIpc) is 3.44. The zero-order valence-corrected chi connectivity index (χ0v) is 16.9. The fourth-order valence-corrected chi connectivity index (χ4v) is 3.93. The molecule has 3 heterocycles. The fourth-order valence-electron chi connectivity index (χ4n) is 3.93. The number of hydrogen-bond acceptors (Lipinski definition) is 5. The molecule has 2 N–H and O–H groups in total. The molecule has 1 aromatic heterocycles. The first-order chi connectivity index (χ1) is 15.1. The molecule has 2 aliphatic rings. The number of halogens is 4. The minimum absolute atomic E-state index is 0.118. The second kappa shape index (κ2) is 9.70. The molecule has 0 spiro atoms. The molecule has 0 unspecified atom stereocenters. The molecule has 11 heteroatoms. The molecule has 0 bridgehead atoms. The standard InChI is InChI=1S/C19H21FN2O3.C2HF3O2/c20-16-5-2-1-4-14(16)8-22-9-15-10-24-13-19(15,12-22)11-21-18(23)17-6-3-7-25-17;3-2(4,5)1(6)7/h1-7,15H,8-13H2,(H,21,23);(H,6,7)/t15-,19+;/m1./s1. The molecule has 2 saturated heterocycles. The third-order valence-electron chi connectivity index (χ3n) is 5.53. The number of carbonyl (C=O) groups excluding carboxylic acids is 1. The first kappa shape index (κ1) is 23.7. The first-order valence-corrected chi connectivity index (χ1v) is 9.76. The van der Waals surface area contributed by atoms with E-state index in [0.717, 1.165) is 13.1 Å². The van der Waals surface area contributed by atoms with Gasteiger partial charge >= 0.3 is 12.1 Å². The van der Waals surface area contributed by atoms with E-state index in [1.54, 1.807) is 18.2 Å². The van der Waals surface area contributed by atoms with Crippen LogP contribution in [-0.2, 0) is 16.1 Å². The first-order valence-electron chi connectivity index (χ1n) is 9.76. The van der Waals surface area contributed by atoms with Crippen LogP contribution in [-0.4, -0.2) is 60.9 Å². The third kappa shape index (κ3) is 5.65. The van der Waals surface area contributed by atoms with Crippen molar-refractivity contribution in [1.82, 2.24) is 10.2 Å². The smallest absolute Gasteiger partial charge is 0.475 e.